The summed E-state index contributed by atoms with van der Waals surface area (Å²) in [6, 6.07) is 1.65. The molecule has 0 fully saturated rings. The van der Waals surface area contributed by atoms with Gasteiger partial charge in [0.25, 0.3) is 0 Å². The fourth-order valence-electron chi connectivity index (χ4n) is 1.61. The third kappa shape index (κ3) is 1.55. The molecule has 2 rings (SSSR count). The minimum absolute atomic E-state index is 0.355. The third-order valence-electron chi connectivity index (χ3n) is 2.28. The first kappa shape index (κ1) is 10.9. The van der Waals surface area contributed by atoms with Gasteiger partial charge in [0.15, 0.2) is 0 Å². The molecule has 0 unspecified atom stereocenters. The number of nitrogen functional groups attached to an aromatic ring is 1. The second-order valence-electron chi connectivity index (χ2n) is 3.38. The number of rotatable bonds is 1. The molecule has 0 aliphatic rings. The summed E-state index contributed by atoms with van der Waals surface area (Å²) in [6.45, 7) is 0. The van der Waals surface area contributed by atoms with Crippen LogP contribution in [0.1, 0.15) is 10.4 Å². The number of carbonyl (C=O) groups excluding carboxylic acids is 1. The Labute approximate surface area is 100 Å². The standard InChI is InChI=1S/C10H10BrN3O2/c1-14-4-5-8(10(15)16-2)7(12)3-6(11)9(5)13-14/h3-4H,12H2,1-2H3. The number of fused-ring (bicyclic) bond motifs is 1. The molecule has 0 spiro atoms. The summed E-state index contributed by atoms with van der Waals surface area (Å²) in [6.07, 6.45) is 1.74. The smallest absolute Gasteiger partial charge is 0.340 e. The molecule has 0 radical (unpaired) electrons. The first-order valence-electron chi connectivity index (χ1n) is 4.54. The maximum absolute atomic E-state index is 11.6. The molecule has 1 aromatic heterocycles. The molecule has 2 N–H and O–H groups in total. The van der Waals surface area contributed by atoms with Crippen molar-refractivity contribution in [2.45, 2.75) is 0 Å². The van der Waals surface area contributed by atoms with Crippen LogP contribution in [0.25, 0.3) is 10.9 Å². The van der Waals surface area contributed by atoms with Crippen LogP contribution in [0.5, 0.6) is 0 Å². The Balaban J connectivity index is 2.86. The molecule has 6 heteroatoms. The number of aryl methyl sites for hydroxylation is 1. The predicted molar refractivity (Wildman–Crippen MR) is 64.2 cm³/mol. The van der Waals surface area contributed by atoms with Gasteiger partial charge in [0, 0.05) is 28.8 Å². The highest BCUT2D eigenvalue weighted by atomic mass is 79.9. The summed E-state index contributed by atoms with van der Waals surface area (Å²) in [7, 11) is 3.11. The van der Waals surface area contributed by atoms with E-state index >= 15 is 0 Å². The maximum atomic E-state index is 11.6. The summed E-state index contributed by atoms with van der Waals surface area (Å²) in [5.41, 5.74) is 7.23. The Kier molecular flexibility index (Phi) is 2.59. The Morgan fingerprint density at radius 1 is 1.62 bits per heavy atom. The van der Waals surface area contributed by atoms with Crippen LogP contribution in [-0.4, -0.2) is 22.9 Å². The lowest BCUT2D eigenvalue weighted by Gasteiger charge is -2.05. The number of ether oxygens (including phenoxy) is 1. The Morgan fingerprint density at radius 3 is 2.94 bits per heavy atom. The second-order valence-corrected chi connectivity index (χ2v) is 4.23. The van der Waals surface area contributed by atoms with Crippen molar-refractivity contribution in [3.8, 4) is 0 Å². The van der Waals surface area contributed by atoms with E-state index in [4.69, 9.17) is 10.5 Å². The quantitative estimate of drug-likeness (QED) is 0.639. The molecule has 1 aromatic carbocycles. The topological polar surface area (TPSA) is 70.1 Å². The lowest BCUT2D eigenvalue weighted by atomic mass is 10.1. The van der Waals surface area contributed by atoms with Gasteiger partial charge < -0.3 is 10.5 Å². The highest BCUT2D eigenvalue weighted by Crippen LogP contribution is 2.30. The molecular formula is C10H10BrN3O2. The van der Waals surface area contributed by atoms with Crippen LogP contribution in [0, 0.1) is 0 Å². The van der Waals surface area contributed by atoms with Crippen LogP contribution in [0.4, 0.5) is 5.69 Å². The fraction of sp³-hybridized carbons (Fsp3) is 0.200. The number of esters is 1. The van der Waals surface area contributed by atoms with E-state index in [0.717, 1.165) is 4.47 Å². The van der Waals surface area contributed by atoms with Gasteiger partial charge in [-0.2, -0.15) is 5.10 Å². The lowest BCUT2D eigenvalue weighted by Crippen LogP contribution is -2.06. The molecule has 0 bridgehead atoms. The molecule has 2 aromatic rings. The van der Waals surface area contributed by atoms with Gasteiger partial charge in [-0.1, -0.05) is 0 Å². The number of hydrogen-bond acceptors (Lipinski definition) is 4. The normalized spacial score (nSPS) is 10.7. The maximum Gasteiger partial charge on any atom is 0.340 e. The summed E-state index contributed by atoms with van der Waals surface area (Å²) < 4.78 is 7.09. The SMILES string of the molecule is COC(=O)c1c(N)cc(Br)c2nn(C)cc12. The molecule has 16 heavy (non-hydrogen) atoms. The van der Waals surface area contributed by atoms with Crippen LogP contribution in [0.3, 0.4) is 0 Å². The van der Waals surface area contributed by atoms with Crippen LogP contribution >= 0.6 is 15.9 Å². The van der Waals surface area contributed by atoms with Crippen LogP contribution < -0.4 is 5.73 Å². The van der Waals surface area contributed by atoms with Crippen molar-refractivity contribution in [2.75, 3.05) is 12.8 Å². The van der Waals surface area contributed by atoms with Gasteiger partial charge in [-0.3, -0.25) is 4.68 Å². The van der Waals surface area contributed by atoms with E-state index in [1.807, 2.05) is 0 Å². The Bertz CT molecular complexity index is 577. The monoisotopic (exact) mass is 283 g/mol. The number of nitrogens with zero attached hydrogens (tertiary/aromatic N) is 2. The summed E-state index contributed by atoms with van der Waals surface area (Å²) in [4.78, 5) is 11.6. The average molecular weight is 284 g/mol. The highest BCUT2D eigenvalue weighted by molar-refractivity contribution is 9.10. The van der Waals surface area contributed by atoms with E-state index in [0.29, 0.717) is 22.2 Å². The molecule has 0 saturated heterocycles. The van der Waals surface area contributed by atoms with Gasteiger partial charge in [-0.25, -0.2) is 4.79 Å². The fourth-order valence-corrected chi connectivity index (χ4v) is 2.15. The zero-order valence-corrected chi connectivity index (χ0v) is 10.4. The number of aromatic nitrogens is 2. The summed E-state index contributed by atoms with van der Waals surface area (Å²) >= 11 is 3.36. The van der Waals surface area contributed by atoms with Crippen molar-refractivity contribution in [1.29, 1.82) is 0 Å². The molecule has 1 heterocycles. The van der Waals surface area contributed by atoms with Crippen LogP contribution in [-0.2, 0) is 11.8 Å². The third-order valence-corrected chi connectivity index (χ3v) is 2.89. The number of carbonyl (C=O) groups is 1. The number of benzene rings is 1. The van der Waals surface area contributed by atoms with Gasteiger partial charge in [-0.15, -0.1) is 0 Å². The molecule has 0 aliphatic heterocycles. The van der Waals surface area contributed by atoms with E-state index in [2.05, 4.69) is 21.0 Å². The van der Waals surface area contributed by atoms with E-state index < -0.39 is 5.97 Å². The summed E-state index contributed by atoms with van der Waals surface area (Å²) in [5.74, 6) is -0.456. The predicted octanol–water partition coefficient (Wildman–Crippen LogP) is 1.70. The molecule has 0 aliphatic carbocycles. The van der Waals surface area contributed by atoms with E-state index in [9.17, 15) is 4.79 Å². The van der Waals surface area contributed by atoms with E-state index in [1.54, 1.807) is 24.0 Å². The molecule has 5 nitrogen and oxygen atoms in total. The molecular weight excluding hydrogens is 274 g/mol. The van der Waals surface area contributed by atoms with Crippen molar-refractivity contribution in [3.05, 3.63) is 22.3 Å². The van der Waals surface area contributed by atoms with E-state index in [-0.39, 0.29) is 0 Å². The first-order chi connectivity index (χ1) is 7.54. The Morgan fingerprint density at radius 2 is 2.31 bits per heavy atom. The Hall–Kier alpha value is -1.56. The molecule has 0 atom stereocenters. The van der Waals surface area contributed by atoms with Crippen molar-refractivity contribution in [3.63, 3.8) is 0 Å². The molecule has 0 amide bonds. The first-order valence-corrected chi connectivity index (χ1v) is 5.33. The summed E-state index contributed by atoms with van der Waals surface area (Å²) in [5, 5.41) is 4.92. The van der Waals surface area contributed by atoms with Crippen molar-refractivity contribution in [2.24, 2.45) is 7.05 Å². The molecule has 84 valence electrons. The second kappa shape index (κ2) is 3.79. The number of methoxy groups -OCH3 is 1. The minimum Gasteiger partial charge on any atom is -0.465 e. The lowest BCUT2D eigenvalue weighted by molar-refractivity contribution is 0.0604. The van der Waals surface area contributed by atoms with Crippen molar-refractivity contribution < 1.29 is 9.53 Å². The molecule has 0 saturated carbocycles. The van der Waals surface area contributed by atoms with Gasteiger partial charge in [0.2, 0.25) is 0 Å². The van der Waals surface area contributed by atoms with Gasteiger partial charge in [0.05, 0.1) is 12.7 Å². The number of hydrogen-bond donors (Lipinski definition) is 1. The zero-order valence-electron chi connectivity index (χ0n) is 8.82. The number of anilines is 1. The van der Waals surface area contributed by atoms with Gasteiger partial charge >= 0.3 is 5.97 Å². The van der Waals surface area contributed by atoms with Gasteiger partial charge in [0.1, 0.15) is 5.52 Å². The van der Waals surface area contributed by atoms with Crippen LogP contribution in [0.2, 0.25) is 0 Å². The zero-order chi connectivity index (χ0) is 11.9. The average Bonchev–Trinajstić information content (AvgIpc) is 2.59. The minimum atomic E-state index is -0.456. The van der Waals surface area contributed by atoms with Crippen LogP contribution in [0.15, 0.2) is 16.7 Å². The largest absolute Gasteiger partial charge is 0.465 e. The number of nitrogens with two attached hydrogens (primary N) is 1. The number of halogens is 1. The highest BCUT2D eigenvalue weighted by Gasteiger charge is 2.18. The van der Waals surface area contributed by atoms with E-state index in [1.165, 1.54) is 7.11 Å². The van der Waals surface area contributed by atoms with Gasteiger partial charge in [-0.05, 0) is 22.0 Å². The van der Waals surface area contributed by atoms with Crippen molar-refractivity contribution >= 4 is 38.5 Å². The van der Waals surface area contributed by atoms with Crippen molar-refractivity contribution in [1.82, 2.24) is 9.78 Å².